The number of nitrogens with two attached hydrogens (primary N) is 1. The smallest absolute Gasteiger partial charge is 0.248 e. The Bertz CT molecular complexity index is 331. The molecule has 1 atom stereocenters. The summed E-state index contributed by atoms with van der Waals surface area (Å²) in [5.74, 6) is 0.234. The van der Waals surface area contributed by atoms with Gasteiger partial charge in [0.1, 0.15) is 0 Å². The van der Waals surface area contributed by atoms with Crippen molar-refractivity contribution in [2.24, 2.45) is 5.73 Å². The van der Waals surface area contributed by atoms with E-state index < -0.39 is 0 Å². The number of amides is 1. The number of hydrogen-bond acceptors (Lipinski definition) is 2. The van der Waals surface area contributed by atoms with Gasteiger partial charge in [-0.15, -0.1) is 12.4 Å². The normalized spacial score (nSPS) is 19.6. The number of benzene rings is 1. The lowest BCUT2D eigenvalue weighted by molar-refractivity contribution is 0.100. The van der Waals surface area contributed by atoms with Gasteiger partial charge in [-0.1, -0.05) is 12.1 Å². The van der Waals surface area contributed by atoms with Gasteiger partial charge in [0.15, 0.2) is 0 Å². The van der Waals surface area contributed by atoms with Crippen molar-refractivity contribution in [2.75, 3.05) is 13.1 Å². The molecule has 1 fully saturated rings. The molecule has 0 radical (unpaired) electrons. The summed E-state index contributed by atoms with van der Waals surface area (Å²) in [5.41, 5.74) is 7.04. The third kappa shape index (κ3) is 2.70. The van der Waals surface area contributed by atoms with Gasteiger partial charge in [-0.05, 0) is 36.6 Å². The minimum atomic E-state index is -0.360. The predicted octanol–water partition coefficient (Wildman–Crippen LogP) is 1.28. The molecule has 3 nitrogen and oxygen atoms in total. The second-order valence-electron chi connectivity index (χ2n) is 3.68. The van der Waals surface area contributed by atoms with Gasteiger partial charge in [0.2, 0.25) is 5.91 Å². The van der Waals surface area contributed by atoms with Gasteiger partial charge in [0.25, 0.3) is 0 Å². The van der Waals surface area contributed by atoms with E-state index in [2.05, 4.69) is 5.32 Å². The number of carbonyl (C=O) groups excluding carboxylic acids is 1. The van der Waals surface area contributed by atoms with Gasteiger partial charge in [-0.25, -0.2) is 0 Å². The summed E-state index contributed by atoms with van der Waals surface area (Å²) in [6.07, 6.45) is 1.18. The summed E-state index contributed by atoms with van der Waals surface area (Å²) in [7, 11) is 0. The number of hydrogen-bond donors (Lipinski definition) is 2. The highest BCUT2D eigenvalue weighted by Gasteiger charge is 2.16. The third-order valence-corrected chi connectivity index (χ3v) is 2.73. The Labute approximate surface area is 95.5 Å². The van der Waals surface area contributed by atoms with Gasteiger partial charge in [0.05, 0.1) is 0 Å². The summed E-state index contributed by atoms with van der Waals surface area (Å²) in [6.45, 7) is 2.12. The van der Waals surface area contributed by atoms with Gasteiger partial charge < -0.3 is 11.1 Å². The van der Waals surface area contributed by atoms with E-state index in [1.54, 1.807) is 12.1 Å². The monoisotopic (exact) mass is 226 g/mol. The Balaban J connectivity index is 0.00000112. The molecule has 1 unspecified atom stereocenters. The molecule has 82 valence electrons. The van der Waals surface area contributed by atoms with Crippen LogP contribution in [-0.4, -0.2) is 19.0 Å². The van der Waals surface area contributed by atoms with E-state index in [1.165, 1.54) is 12.0 Å². The van der Waals surface area contributed by atoms with Crippen LogP contribution in [0.3, 0.4) is 0 Å². The number of carbonyl (C=O) groups is 1. The average Bonchev–Trinajstić information content (AvgIpc) is 2.71. The molecule has 1 heterocycles. The SMILES string of the molecule is Cl.NC(=O)c1ccc(C2CCNC2)cc1. The molecule has 1 aromatic rings. The largest absolute Gasteiger partial charge is 0.366 e. The van der Waals surface area contributed by atoms with Crippen molar-refractivity contribution in [1.29, 1.82) is 0 Å². The highest BCUT2D eigenvalue weighted by atomic mass is 35.5. The fourth-order valence-electron chi connectivity index (χ4n) is 1.86. The van der Waals surface area contributed by atoms with Crippen molar-refractivity contribution in [3.63, 3.8) is 0 Å². The molecule has 4 heteroatoms. The lowest BCUT2D eigenvalue weighted by Crippen LogP contribution is -2.11. The van der Waals surface area contributed by atoms with E-state index in [0.29, 0.717) is 11.5 Å². The molecule has 3 N–H and O–H groups in total. The van der Waals surface area contributed by atoms with Crippen molar-refractivity contribution in [3.05, 3.63) is 35.4 Å². The molecule has 0 spiro atoms. The molecule has 0 bridgehead atoms. The highest BCUT2D eigenvalue weighted by molar-refractivity contribution is 5.92. The highest BCUT2D eigenvalue weighted by Crippen LogP contribution is 2.22. The summed E-state index contributed by atoms with van der Waals surface area (Å²) >= 11 is 0. The zero-order chi connectivity index (χ0) is 9.97. The predicted molar refractivity (Wildman–Crippen MR) is 62.4 cm³/mol. The maximum Gasteiger partial charge on any atom is 0.248 e. The van der Waals surface area contributed by atoms with E-state index in [4.69, 9.17) is 5.73 Å². The first-order chi connectivity index (χ1) is 6.77. The van der Waals surface area contributed by atoms with E-state index in [0.717, 1.165) is 13.1 Å². The molecule has 2 rings (SSSR count). The second kappa shape index (κ2) is 5.14. The molecule has 1 amide bonds. The molecule has 1 saturated heterocycles. The van der Waals surface area contributed by atoms with Crippen LogP contribution in [0.4, 0.5) is 0 Å². The Morgan fingerprint density at radius 3 is 2.47 bits per heavy atom. The van der Waals surface area contributed by atoms with Gasteiger partial charge in [-0.3, -0.25) is 4.79 Å². The quantitative estimate of drug-likeness (QED) is 0.799. The van der Waals surface area contributed by atoms with Crippen LogP contribution in [0.1, 0.15) is 28.3 Å². The van der Waals surface area contributed by atoms with Crippen LogP contribution < -0.4 is 11.1 Å². The van der Waals surface area contributed by atoms with Crippen molar-refractivity contribution in [2.45, 2.75) is 12.3 Å². The minimum Gasteiger partial charge on any atom is -0.366 e. The number of nitrogens with one attached hydrogen (secondary N) is 1. The Kier molecular flexibility index (Phi) is 4.12. The maximum absolute atomic E-state index is 10.8. The summed E-state index contributed by atoms with van der Waals surface area (Å²) in [4.78, 5) is 10.8. The van der Waals surface area contributed by atoms with Crippen LogP contribution in [0.15, 0.2) is 24.3 Å². The van der Waals surface area contributed by atoms with E-state index in [1.807, 2.05) is 12.1 Å². The lowest BCUT2D eigenvalue weighted by atomic mass is 9.97. The fraction of sp³-hybridized carbons (Fsp3) is 0.364. The Morgan fingerprint density at radius 2 is 2.00 bits per heavy atom. The first-order valence-electron chi connectivity index (χ1n) is 4.88. The standard InChI is InChI=1S/C11H14N2O.ClH/c12-11(14)9-3-1-8(2-4-9)10-5-6-13-7-10;/h1-4,10,13H,5-7H2,(H2,12,14);1H. The first-order valence-corrected chi connectivity index (χ1v) is 4.88. The molecule has 15 heavy (non-hydrogen) atoms. The molecule has 1 aromatic carbocycles. The van der Waals surface area contributed by atoms with Crippen molar-refractivity contribution < 1.29 is 4.79 Å². The third-order valence-electron chi connectivity index (χ3n) is 2.73. The molecule has 1 aliphatic heterocycles. The lowest BCUT2D eigenvalue weighted by Gasteiger charge is -2.08. The number of rotatable bonds is 2. The van der Waals surface area contributed by atoms with Crippen LogP contribution in [0, 0.1) is 0 Å². The molecule has 0 saturated carbocycles. The Morgan fingerprint density at radius 1 is 1.33 bits per heavy atom. The average molecular weight is 227 g/mol. The summed E-state index contributed by atoms with van der Waals surface area (Å²) in [5, 5.41) is 3.32. The van der Waals surface area contributed by atoms with E-state index >= 15 is 0 Å². The van der Waals surface area contributed by atoms with Crippen LogP contribution in [0.25, 0.3) is 0 Å². The van der Waals surface area contributed by atoms with Gasteiger partial charge in [-0.2, -0.15) is 0 Å². The molecular formula is C11H15ClN2O. The van der Waals surface area contributed by atoms with Crippen molar-refractivity contribution in [1.82, 2.24) is 5.32 Å². The van der Waals surface area contributed by atoms with Crippen molar-refractivity contribution >= 4 is 18.3 Å². The fourth-order valence-corrected chi connectivity index (χ4v) is 1.86. The van der Waals surface area contributed by atoms with Crippen molar-refractivity contribution in [3.8, 4) is 0 Å². The van der Waals surface area contributed by atoms with Crippen LogP contribution >= 0.6 is 12.4 Å². The molecule has 0 aromatic heterocycles. The van der Waals surface area contributed by atoms with E-state index in [9.17, 15) is 4.79 Å². The second-order valence-corrected chi connectivity index (χ2v) is 3.68. The van der Waals surface area contributed by atoms with Gasteiger partial charge >= 0.3 is 0 Å². The zero-order valence-corrected chi connectivity index (χ0v) is 9.22. The minimum absolute atomic E-state index is 0. The van der Waals surface area contributed by atoms with E-state index in [-0.39, 0.29) is 18.3 Å². The summed E-state index contributed by atoms with van der Waals surface area (Å²) < 4.78 is 0. The van der Waals surface area contributed by atoms with Gasteiger partial charge in [0, 0.05) is 12.1 Å². The van der Waals surface area contributed by atoms with Crippen LogP contribution in [0.2, 0.25) is 0 Å². The Hall–Kier alpha value is -1.06. The summed E-state index contributed by atoms with van der Waals surface area (Å²) in [6, 6.07) is 7.60. The zero-order valence-electron chi connectivity index (χ0n) is 8.40. The molecular weight excluding hydrogens is 212 g/mol. The molecule has 0 aliphatic carbocycles. The number of primary amides is 1. The first kappa shape index (κ1) is 12.0. The number of halogens is 1. The maximum atomic E-state index is 10.8. The topological polar surface area (TPSA) is 55.1 Å². The molecule has 1 aliphatic rings. The van der Waals surface area contributed by atoms with Crippen LogP contribution in [-0.2, 0) is 0 Å². The van der Waals surface area contributed by atoms with Crippen LogP contribution in [0.5, 0.6) is 0 Å².